The van der Waals surface area contributed by atoms with E-state index in [2.05, 4.69) is 29.4 Å². The van der Waals surface area contributed by atoms with Crippen molar-refractivity contribution in [2.45, 2.75) is 25.9 Å². The van der Waals surface area contributed by atoms with Crippen LogP contribution < -0.4 is 10.2 Å². The molecule has 0 aliphatic rings. The first-order valence-electron chi connectivity index (χ1n) is 5.74. The molecule has 4 heteroatoms. The Balaban J connectivity index is 1.99. The van der Waals surface area contributed by atoms with E-state index >= 15 is 0 Å². The number of H-pyrrole nitrogens is 1. The van der Waals surface area contributed by atoms with E-state index in [9.17, 15) is 4.79 Å². The van der Waals surface area contributed by atoms with Crippen molar-refractivity contribution in [1.29, 1.82) is 0 Å². The number of aromatic nitrogens is 1. The zero-order chi connectivity index (χ0) is 12.1. The van der Waals surface area contributed by atoms with Crippen LogP contribution in [0.4, 0.5) is 0 Å². The molecule has 2 aromatic rings. The number of hydrogen-bond donors (Lipinski definition) is 2. The summed E-state index contributed by atoms with van der Waals surface area (Å²) in [5.74, 6) is 0. The Bertz CT molecular complexity index is 503. The molecule has 0 fully saturated rings. The summed E-state index contributed by atoms with van der Waals surface area (Å²) in [6.45, 7) is 2.85. The number of rotatable bonds is 5. The second-order valence-corrected chi connectivity index (χ2v) is 4.77. The quantitative estimate of drug-likeness (QED) is 0.854. The van der Waals surface area contributed by atoms with E-state index in [1.165, 1.54) is 16.9 Å². The average Bonchev–Trinajstić information content (AvgIpc) is 2.77. The highest BCUT2D eigenvalue weighted by molar-refractivity contribution is 7.07. The summed E-state index contributed by atoms with van der Waals surface area (Å²) in [5.41, 5.74) is 2.24. The van der Waals surface area contributed by atoms with E-state index in [4.69, 9.17) is 0 Å². The molecule has 90 valence electrons. The van der Waals surface area contributed by atoms with Crippen molar-refractivity contribution >= 4 is 11.3 Å². The minimum Gasteiger partial charge on any atom is -0.315 e. The maximum atomic E-state index is 11.0. The van der Waals surface area contributed by atoms with Crippen molar-refractivity contribution in [3.8, 4) is 0 Å². The summed E-state index contributed by atoms with van der Waals surface area (Å²) in [6.07, 6.45) is 1.03. The van der Waals surface area contributed by atoms with Crippen LogP contribution in [0.3, 0.4) is 0 Å². The first-order valence-corrected chi connectivity index (χ1v) is 6.62. The van der Waals surface area contributed by atoms with Gasteiger partial charge >= 0.3 is 4.87 Å². The summed E-state index contributed by atoms with van der Waals surface area (Å²) in [6, 6.07) is 10.7. The van der Waals surface area contributed by atoms with Gasteiger partial charge in [0, 0.05) is 23.7 Å². The number of hydrogen-bond acceptors (Lipinski definition) is 3. The highest BCUT2D eigenvalue weighted by Crippen LogP contribution is 2.16. The van der Waals surface area contributed by atoms with Crippen molar-refractivity contribution in [3.05, 3.63) is 56.6 Å². The molecule has 0 amide bonds. The molecule has 0 saturated heterocycles. The van der Waals surface area contributed by atoms with Crippen LogP contribution >= 0.6 is 11.3 Å². The Labute approximate surface area is 105 Å². The van der Waals surface area contributed by atoms with Gasteiger partial charge in [0.1, 0.15) is 0 Å². The summed E-state index contributed by atoms with van der Waals surface area (Å²) >= 11 is 1.21. The molecule has 2 rings (SSSR count). The second-order valence-electron chi connectivity index (χ2n) is 3.93. The molecule has 1 heterocycles. The van der Waals surface area contributed by atoms with Crippen LogP contribution in [0.5, 0.6) is 0 Å². The fraction of sp³-hybridized carbons (Fsp3) is 0.308. The van der Waals surface area contributed by atoms with Gasteiger partial charge in [0.25, 0.3) is 0 Å². The van der Waals surface area contributed by atoms with Crippen molar-refractivity contribution < 1.29 is 0 Å². The van der Waals surface area contributed by atoms with Crippen LogP contribution in [0.2, 0.25) is 0 Å². The maximum Gasteiger partial charge on any atom is 0.304 e. The van der Waals surface area contributed by atoms with Gasteiger partial charge in [-0.25, -0.2) is 0 Å². The first-order chi connectivity index (χ1) is 8.29. The fourth-order valence-corrected chi connectivity index (χ4v) is 2.40. The molecule has 0 saturated carbocycles. The number of aromatic amines is 1. The Morgan fingerprint density at radius 1 is 1.35 bits per heavy atom. The van der Waals surface area contributed by atoms with Gasteiger partial charge in [-0.15, -0.1) is 0 Å². The lowest BCUT2D eigenvalue weighted by atomic mass is 10.0. The standard InChI is InChI=1S/C13H16N2OS/c1-2-12(10-6-4-3-5-7-10)14-8-11-9-17-13(16)15-11/h3-7,9,12,14H,2,8H2,1H3,(H,15,16). The maximum absolute atomic E-state index is 11.0. The van der Waals surface area contributed by atoms with Crippen LogP contribution in [-0.2, 0) is 6.54 Å². The molecular formula is C13H16N2OS. The van der Waals surface area contributed by atoms with Crippen LogP contribution in [0.15, 0.2) is 40.5 Å². The fourth-order valence-electron chi connectivity index (χ4n) is 1.82. The van der Waals surface area contributed by atoms with Gasteiger partial charge in [-0.1, -0.05) is 48.6 Å². The van der Waals surface area contributed by atoms with E-state index in [0.717, 1.165) is 12.1 Å². The molecule has 3 nitrogen and oxygen atoms in total. The minimum absolute atomic E-state index is 0.00885. The van der Waals surface area contributed by atoms with Crippen molar-refractivity contribution in [2.75, 3.05) is 0 Å². The Morgan fingerprint density at radius 3 is 2.71 bits per heavy atom. The molecule has 0 radical (unpaired) electrons. The van der Waals surface area contributed by atoms with Crippen molar-refractivity contribution in [1.82, 2.24) is 10.3 Å². The normalized spacial score (nSPS) is 12.5. The molecule has 1 aromatic heterocycles. The molecule has 0 aliphatic heterocycles. The smallest absolute Gasteiger partial charge is 0.304 e. The van der Waals surface area contributed by atoms with Gasteiger partial charge in [-0.3, -0.25) is 4.79 Å². The third kappa shape index (κ3) is 3.28. The molecule has 0 aliphatic carbocycles. The number of benzene rings is 1. The molecule has 1 unspecified atom stereocenters. The average molecular weight is 248 g/mol. The van der Waals surface area contributed by atoms with E-state index in [1.54, 1.807) is 0 Å². The molecule has 1 aromatic carbocycles. The van der Waals surface area contributed by atoms with Gasteiger partial charge in [0.2, 0.25) is 0 Å². The second kappa shape index (κ2) is 5.80. The minimum atomic E-state index is 0.00885. The SMILES string of the molecule is CCC(NCc1csc(=O)[nH]1)c1ccccc1. The molecular weight excluding hydrogens is 232 g/mol. The molecule has 1 atom stereocenters. The third-order valence-corrected chi connectivity index (χ3v) is 3.44. The van der Waals surface area contributed by atoms with Gasteiger partial charge in [-0.05, 0) is 12.0 Å². The largest absolute Gasteiger partial charge is 0.315 e. The summed E-state index contributed by atoms with van der Waals surface area (Å²) in [7, 11) is 0. The highest BCUT2D eigenvalue weighted by atomic mass is 32.1. The Morgan fingerprint density at radius 2 is 2.12 bits per heavy atom. The topological polar surface area (TPSA) is 44.9 Å². The lowest BCUT2D eigenvalue weighted by Gasteiger charge is -2.16. The van der Waals surface area contributed by atoms with Gasteiger partial charge < -0.3 is 10.3 Å². The van der Waals surface area contributed by atoms with Crippen LogP contribution in [0, 0.1) is 0 Å². The van der Waals surface area contributed by atoms with Gasteiger partial charge in [-0.2, -0.15) is 0 Å². The number of nitrogens with one attached hydrogen (secondary N) is 2. The predicted molar refractivity (Wildman–Crippen MR) is 71.3 cm³/mol. The van der Waals surface area contributed by atoms with Crippen LogP contribution in [0.25, 0.3) is 0 Å². The zero-order valence-corrected chi connectivity index (χ0v) is 10.6. The Kier molecular flexibility index (Phi) is 4.12. The predicted octanol–water partition coefficient (Wildman–Crippen LogP) is 2.68. The monoisotopic (exact) mass is 248 g/mol. The van der Waals surface area contributed by atoms with E-state index < -0.39 is 0 Å². The van der Waals surface area contributed by atoms with Crippen LogP contribution in [0.1, 0.15) is 30.6 Å². The lowest BCUT2D eigenvalue weighted by Crippen LogP contribution is -2.20. The number of thiazole rings is 1. The lowest BCUT2D eigenvalue weighted by molar-refractivity contribution is 0.515. The van der Waals surface area contributed by atoms with Gasteiger partial charge in [0.05, 0.1) is 0 Å². The van der Waals surface area contributed by atoms with Crippen LogP contribution in [-0.4, -0.2) is 4.98 Å². The van der Waals surface area contributed by atoms with E-state index in [-0.39, 0.29) is 4.87 Å². The molecule has 0 spiro atoms. The summed E-state index contributed by atoms with van der Waals surface area (Å²) in [4.78, 5) is 13.8. The van der Waals surface area contributed by atoms with E-state index in [1.807, 2.05) is 23.6 Å². The summed E-state index contributed by atoms with van der Waals surface area (Å²) in [5, 5.41) is 5.32. The van der Waals surface area contributed by atoms with Crippen molar-refractivity contribution in [2.24, 2.45) is 0 Å². The first kappa shape index (κ1) is 12.1. The molecule has 0 bridgehead atoms. The third-order valence-electron chi connectivity index (χ3n) is 2.72. The molecule has 17 heavy (non-hydrogen) atoms. The van der Waals surface area contributed by atoms with Gasteiger partial charge in [0.15, 0.2) is 0 Å². The van der Waals surface area contributed by atoms with Crippen molar-refractivity contribution in [3.63, 3.8) is 0 Å². The summed E-state index contributed by atoms with van der Waals surface area (Å²) < 4.78 is 0. The van der Waals surface area contributed by atoms with E-state index in [0.29, 0.717) is 12.6 Å². The molecule has 2 N–H and O–H groups in total. The highest BCUT2D eigenvalue weighted by Gasteiger charge is 2.08. The zero-order valence-electron chi connectivity index (χ0n) is 9.77. The Hall–Kier alpha value is -1.39.